The van der Waals surface area contributed by atoms with Crippen molar-refractivity contribution in [3.05, 3.63) is 5.01 Å². The van der Waals surface area contributed by atoms with Gasteiger partial charge in [0.25, 0.3) is 5.91 Å². The first-order valence-electron chi connectivity index (χ1n) is 6.12. The molecule has 114 valence electrons. The van der Waals surface area contributed by atoms with Crippen LogP contribution in [0.5, 0.6) is 0 Å². The quantitative estimate of drug-likeness (QED) is 0.697. The molecule has 0 unspecified atom stereocenters. The Morgan fingerprint density at radius 1 is 1.30 bits per heavy atom. The summed E-state index contributed by atoms with van der Waals surface area (Å²) in [5.74, 6) is -0.563. The van der Waals surface area contributed by atoms with Crippen LogP contribution in [-0.2, 0) is 10.0 Å². The summed E-state index contributed by atoms with van der Waals surface area (Å²) in [4.78, 5) is 11.7. The molecule has 0 aliphatic rings. The van der Waals surface area contributed by atoms with Crippen molar-refractivity contribution in [1.82, 2.24) is 19.8 Å². The number of rotatable bonds is 8. The molecular formula is C10H19N5O3S2. The maximum absolute atomic E-state index is 11.7. The lowest BCUT2D eigenvalue weighted by atomic mass is 10.5. The number of aromatic nitrogens is 2. The van der Waals surface area contributed by atoms with Crippen molar-refractivity contribution in [1.29, 1.82) is 0 Å². The van der Waals surface area contributed by atoms with Gasteiger partial charge in [-0.25, -0.2) is 12.7 Å². The van der Waals surface area contributed by atoms with Gasteiger partial charge in [-0.2, -0.15) is 0 Å². The summed E-state index contributed by atoms with van der Waals surface area (Å²) in [6, 6.07) is 0. The van der Waals surface area contributed by atoms with E-state index in [2.05, 4.69) is 20.8 Å². The monoisotopic (exact) mass is 321 g/mol. The van der Waals surface area contributed by atoms with Gasteiger partial charge in [0.15, 0.2) is 0 Å². The van der Waals surface area contributed by atoms with Crippen LogP contribution in [0, 0.1) is 0 Å². The molecule has 0 spiro atoms. The summed E-state index contributed by atoms with van der Waals surface area (Å²) in [5, 5.41) is 13.9. The Kier molecular flexibility index (Phi) is 6.30. The molecule has 8 nitrogen and oxygen atoms in total. The Balaban J connectivity index is 2.45. The maximum Gasteiger partial charge on any atom is 0.282 e. The zero-order chi connectivity index (χ0) is 15.2. The van der Waals surface area contributed by atoms with Crippen LogP contribution >= 0.6 is 11.3 Å². The minimum absolute atomic E-state index is 0.0383. The van der Waals surface area contributed by atoms with Gasteiger partial charge in [-0.1, -0.05) is 18.3 Å². The number of carbonyl (C=O) groups excluding carboxylic acids is 1. The van der Waals surface area contributed by atoms with Crippen LogP contribution in [0.3, 0.4) is 0 Å². The summed E-state index contributed by atoms with van der Waals surface area (Å²) in [6.45, 7) is 2.82. The van der Waals surface area contributed by atoms with Gasteiger partial charge in [0.05, 0.1) is 5.75 Å². The molecule has 0 saturated carbocycles. The first-order chi connectivity index (χ1) is 9.36. The molecule has 0 atom stereocenters. The molecule has 0 radical (unpaired) electrons. The third-order valence-electron chi connectivity index (χ3n) is 2.35. The van der Waals surface area contributed by atoms with Crippen molar-refractivity contribution < 1.29 is 13.2 Å². The molecule has 1 aromatic heterocycles. The molecule has 0 aliphatic carbocycles. The van der Waals surface area contributed by atoms with Crippen molar-refractivity contribution >= 4 is 32.4 Å². The van der Waals surface area contributed by atoms with E-state index in [0.717, 1.165) is 28.6 Å². The minimum Gasteiger partial charge on any atom is -0.360 e. The van der Waals surface area contributed by atoms with Crippen molar-refractivity contribution in [2.24, 2.45) is 0 Å². The fourth-order valence-electron chi connectivity index (χ4n) is 1.17. The molecular weight excluding hydrogens is 302 g/mol. The zero-order valence-electron chi connectivity index (χ0n) is 11.7. The lowest BCUT2D eigenvalue weighted by molar-refractivity contribution is 0.0955. The second kappa shape index (κ2) is 7.50. The Morgan fingerprint density at radius 2 is 2.00 bits per heavy atom. The molecule has 1 aromatic rings. The van der Waals surface area contributed by atoms with Crippen LogP contribution in [-0.4, -0.2) is 61.8 Å². The van der Waals surface area contributed by atoms with Gasteiger partial charge in [0.1, 0.15) is 0 Å². The van der Waals surface area contributed by atoms with Gasteiger partial charge in [-0.05, 0) is 6.42 Å². The van der Waals surface area contributed by atoms with Crippen LogP contribution in [0.15, 0.2) is 0 Å². The van der Waals surface area contributed by atoms with Crippen molar-refractivity contribution in [3.63, 3.8) is 0 Å². The molecule has 1 rings (SSSR count). The number of sulfonamides is 1. The molecule has 2 N–H and O–H groups in total. The maximum atomic E-state index is 11.7. The lowest BCUT2D eigenvalue weighted by Gasteiger charge is -2.10. The SMILES string of the molecule is CCCNc1nnc(C(=O)NCCS(=O)(=O)N(C)C)s1. The van der Waals surface area contributed by atoms with Crippen molar-refractivity contribution in [2.75, 3.05) is 38.3 Å². The number of hydrogen-bond acceptors (Lipinski definition) is 7. The second-order valence-corrected chi connectivity index (χ2v) is 7.47. The van der Waals surface area contributed by atoms with Crippen LogP contribution in [0.4, 0.5) is 5.13 Å². The third kappa shape index (κ3) is 5.02. The number of nitrogens with zero attached hydrogens (tertiary/aromatic N) is 3. The highest BCUT2D eigenvalue weighted by Gasteiger charge is 2.16. The number of carbonyl (C=O) groups is 1. The molecule has 0 aromatic carbocycles. The molecule has 0 bridgehead atoms. The van der Waals surface area contributed by atoms with Crippen molar-refractivity contribution in [3.8, 4) is 0 Å². The van der Waals surface area contributed by atoms with Crippen LogP contribution in [0.1, 0.15) is 23.1 Å². The first-order valence-corrected chi connectivity index (χ1v) is 8.55. The van der Waals surface area contributed by atoms with Gasteiger partial charge in [0.2, 0.25) is 20.2 Å². The van der Waals surface area contributed by atoms with Crippen molar-refractivity contribution in [2.45, 2.75) is 13.3 Å². The number of nitrogens with one attached hydrogen (secondary N) is 2. The van der Waals surface area contributed by atoms with E-state index < -0.39 is 15.9 Å². The fourth-order valence-corrected chi connectivity index (χ4v) is 2.58. The van der Waals surface area contributed by atoms with Gasteiger partial charge < -0.3 is 10.6 Å². The smallest absolute Gasteiger partial charge is 0.282 e. The van der Waals surface area contributed by atoms with E-state index >= 15 is 0 Å². The largest absolute Gasteiger partial charge is 0.360 e. The number of amides is 1. The van der Waals surface area contributed by atoms with Crippen LogP contribution in [0.25, 0.3) is 0 Å². The highest BCUT2D eigenvalue weighted by Crippen LogP contribution is 2.14. The summed E-state index contributed by atoms with van der Waals surface area (Å²) in [7, 11) is -0.405. The van der Waals surface area contributed by atoms with E-state index in [1.165, 1.54) is 14.1 Å². The van der Waals surface area contributed by atoms with E-state index in [9.17, 15) is 13.2 Å². The summed E-state index contributed by atoms with van der Waals surface area (Å²) >= 11 is 1.14. The molecule has 1 heterocycles. The second-order valence-electron chi connectivity index (χ2n) is 4.19. The highest BCUT2D eigenvalue weighted by molar-refractivity contribution is 7.89. The van der Waals surface area contributed by atoms with E-state index in [0.29, 0.717) is 5.13 Å². The van der Waals surface area contributed by atoms with Gasteiger partial charge in [0, 0.05) is 27.2 Å². The lowest BCUT2D eigenvalue weighted by Crippen LogP contribution is -2.33. The predicted molar refractivity (Wildman–Crippen MR) is 78.5 cm³/mol. The van der Waals surface area contributed by atoms with E-state index in [1.807, 2.05) is 6.92 Å². The Bertz CT molecular complexity index is 541. The highest BCUT2D eigenvalue weighted by atomic mass is 32.2. The third-order valence-corrected chi connectivity index (χ3v) is 5.06. The van der Waals surface area contributed by atoms with Crippen LogP contribution in [0.2, 0.25) is 0 Å². The molecule has 0 aliphatic heterocycles. The molecule has 20 heavy (non-hydrogen) atoms. The normalized spacial score (nSPS) is 11.6. The van der Waals surface area contributed by atoms with Gasteiger partial charge in [-0.15, -0.1) is 10.2 Å². The van der Waals surface area contributed by atoms with E-state index in [4.69, 9.17) is 0 Å². The predicted octanol–water partition coefficient (Wildman–Crippen LogP) is -0.0188. The number of hydrogen-bond donors (Lipinski definition) is 2. The summed E-state index contributed by atoms with van der Waals surface area (Å²) in [6.07, 6.45) is 0.948. The van der Waals surface area contributed by atoms with Gasteiger partial charge >= 0.3 is 0 Å². The zero-order valence-corrected chi connectivity index (χ0v) is 13.3. The van der Waals surface area contributed by atoms with E-state index in [1.54, 1.807) is 0 Å². The summed E-state index contributed by atoms with van der Waals surface area (Å²) in [5.41, 5.74) is 0. The Morgan fingerprint density at radius 3 is 2.60 bits per heavy atom. The topological polar surface area (TPSA) is 104 Å². The van der Waals surface area contributed by atoms with Gasteiger partial charge in [-0.3, -0.25) is 4.79 Å². The standard InChI is InChI=1S/C10H19N5O3S2/c1-4-5-12-10-14-13-9(19-10)8(16)11-6-7-20(17,18)15(2)3/h4-7H2,1-3H3,(H,11,16)(H,12,14). The Hall–Kier alpha value is -1.26. The number of anilines is 1. The average molecular weight is 321 g/mol. The van der Waals surface area contributed by atoms with Crippen LogP contribution < -0.4 is 10.6 Å². The molecule has 0 saturated heterocycles. The first kappa shape index (κ1) is 16.8. The minimum atomic E-state index is -3.31. The molecule has 10 heteroatoms. The van der Waals surface area contributed by atoms with E-state index in [-0.39, 0.29) is 17.3 Å². The summed E-state index contributed by atoms with van der Waals surface area (Å²) < 4.78 is 24.1. The molecule has 0 fully saturated rings. The fraction of sp³-hybridized carbons (Fsp3) is 0.700. The average Bonchev–Trinajstić information content (AvgIpc) is 2.84. The Labute approximate surface area is 122 Å². The molecule has 1 amide bonds.